The molecule has 1 saturated heterocycles. The maximum atomic E-state index is 12.8. The quantitative estimate of drug-likeness (QED) is 0.429. The van der Waals surface area contributed by atoms with Gasteiger partial charge in [-0.1, -0.05) is 12.1 Å². The standard InChI is InChI=1S/C22H26N4O4.C2H4O2/c1-29-18-7-8-19(30-2)17(13-18)14-20(27)25-9-11-26(12-10-25)22(28)16-5-3-15(4-6-16)21(23)24;1-2(3)4/h3-8,13H,9-12,14H2,1-2H3,(H3,23,24);1H3,(H,3,4). The van der Waals surface area contributed by atoms with E-state index >= 15 is 0 Å². The number of carbonyl (C=O) groups is 3. The minimum Gasteiger partial charge on any atom is -0.497 e. The van der Waals surface area contributed by atoms with Crippen molar-refractivity contribution < 1.29 is 29.0 Å². The van der Waals surface area contributed by atoms with Gasteiger partial charge < -0.3 is 30.1 Å². The molecule has 4 N–H and O–H groups in total. The lowest BCUT2D eigenvalue weighted by Crippen LogP contribution is -2.51. The molecular formula is C24H30N4O6. The second-order valence-electron chi connectivity index (χ2n) is 7.54. The SMILES string of the molecule is CC(=O)O.COc1ccc(OC)c(CC(=O)N2CCN(C(=O)c3ccc(C(=N)N)cc3)CC2)c1. The molecule has 0 spiro atoms. The molecule has 2 amide bonds. The molecular weight excluding hydrogens is 440 g/mol. The van der Waals surface area contributed by atoms with E-state index in [1.165, 1.54) is 0 Å². The monoisotopic (exact) mass is 470 g/mol. The van der Waals surface area contributed by atoms with Gasteiger partial charge in [-0.05, 0) is 30.3 Å². The van der Waals surface area contributed by atoms with Crippen LogP contribution in [0.2, 0.25) is 0 Å². The first-order chi connectivity index (χ1) is 16.2. The Balaban J connectivity index is 0.000000945. The lowest BCUT2D eigenvalue weighted by molar-refractivity contribution is -0.134. The van der Waals surface area contributed by atoms with E-state index in [1.807, 2.05) is 0 Å². The number of rotatable bonds is 6. The Morgan fingerprint density at radius 1 is 0.941 bits per heavy atom. The van der Waals surface area contributed by atoms with Crippen molar-refractivity contribution in [3.63, 3.8) is 0 Å². The zero-order valence-corrected chi connectivity index (χ0v) is 19.5. The highest BCUT2D eigenvalue weighted by Gasteiger charge is 2.25. The van der Waals surface area contributed by atoms with Crippen LogP contribution < -0.4 is 15.2 Å². The fraction of sp³-hybridized carbons (Fsp3) is 0.333. The minimum absolute atomic E-state index is 0.0144. The van der Waals surface area contributed by atoms with E-state index in [2.05, 4.69) is 0 Å². The predicted molar refractivity (Wildman–Crippen MR) is 127 cm³/mol. The van der Waals surface area contributed by atoms with E-state index in [1.54, 1.807) is 66.5 Å². The van der Waals surface area contributed by atoms with Crippen LogP contribution in [-0.2, 0) is 16.0 Å². The maximum Gasteiger partial charge on any atom is 0.300 e. The summed E-state index contributed by atoms with van der Waals surface area (Å²) in [5.41, 5.74) is 7.34. The van der Waals surface area contributed by atoms with E-state index in [9.17, 15) is 9.59 Å². The summed E-state index contributed by atoms with van der Waals surface area (Å²) in [6.45, 7) is 2.97. The predicted octanol–water partition coefficient (Wildman–Crippen LogP) is 1.61. The zero-order valence-electron chi connectivity index (χ0n) is 19.5. The van der Waals surface area contributed by atoms with E-state index in [-0.39, 0.29) is 24.1 Å². The summed E-state index contributed by atoms with van der Waals surface area (Å²) in [4.78, 5) is 38.0. The fourth-order valence-electron chi connectivity index (χ4n) is 3.43. The molecule has 0 bridgehead atoms. The highest BCUT2D eigenvalue weighted by Crippen LogP contribution is 2.25. The number of ether oxygens (including phenoxy) is 2. The Kier molecular flexibility index (Phi) is 9.42. The number of aliphatic carboxylic acids is 1. The lowest BCUT2D eigenvalue weighted by atomic mass is 10.1. The summed E-state index contributed by atoms with van der Waals surface area (Å²) in [6.07, 6.45) is 0.209. The van der Waals surface area contributed by atoms with Crippen LogP contribution in [0.3, 0.4) is 0 Å². The number of carboxylic acid groups (broad SMARTS) is 1. The largest absolute Gasteiger partial charge is 0.497 e. The third-order valence-corrected chi connectivity index (χ3v) is 5.19. The highest BCUT2D eigenvalue weighted by molar-refractivity contribution is 5.98. The summed E-state index contributed by atoms with van der Waals surface area (Å²) in [7, 11) is 3.15. The number of nitrogen functional groups attached to an aromatic ring is 1. The van der Waals surface area contributed by atoms with Crippen molar-refractivity contribution in [1.82, 2.24) is 9.80 Å². The molecule has 1 fully saturated rings. The number of amidine groups is 1. The van der Waals surface area contributed by atoms with Crippen LogP contribution in [0.25, 0.3) is 0 Å². The number of hydrogen-bond acceptors (Lipinski definition) is 6. The third kappa shape index (κ3) is 7.22. The molecule has 1 aliphatic heterocycles. The average Bonchev–Trinajstić information content (AvgIpc) is 2.83. The number of carboxylic acids is 1. The van der Waals surface area contributed by atoms with Crippen molar-refractivity contribution in [1.29, 1.82) is 5.41 Å². The normalized spacial score (nSPS) is 12.8. The van der Waals surface area contributed by atoms with Gasteiger partial charge >= 0.3 is 0 Å². The molecule has 0 atom stereocenters. The number of nitrogens with two attached hydrogens (primary N) is 1. The van der Waals surface area contributed by atoms with E-state index < -0.39 is 5.97 Å². The Morgan fingerprint density at radius 2 is 1.47 bits per heavy atom. The molecule has 0 saturated carbocycles. The van der Waals surface area contributed by atoms with Gasteiger partial charge in [0.15, 0.2) is 0 Å². The molecule has 0 radical (unpaired) electrons. The van der Waals surface area contributed by atoms with Crippen molar-refractivity contribution >= 4 is 23.6 Å². The molecule has 1 heterocycles. The summed E-state index contributed by atoms with van der Waals surface area (Å²) in [5, 5.41) is 14.8. The summed E-state index contributed by atoms with van der Waals surface area (Å²) in [6, 6.07) is 12.1. The average molecular weight is 471 g/mol. The van der Waals surface area contributed by atoms with Crippen molar-refractivity contribution in [2.24, 2.45) is 5.73 Å². The molecule has 34 heavy (non-hydrogen) atoms. The van der Waals surface area contributed by atoms with Crippen LogP contribution in [0.5, 0.6) is 11.5 Å². The van der Waals surface area contributed by atoms with Gasteiger partial charge in [-0.25, -0.2) is 0 Å². The summed E-state index contributed by atoms with van der Waals surface area (Å²) < 4.78 is 10.6. The summed E-state index contributed by atoms with van der Waals surface area (Å²) >= 11 is 0. The number of carbonyl (C=O) groups excluding carboxylic acids is 2. The molecule has 2 aromatic carbocycles. The molecule has 3 rings (SSSR count). The second kappa shape index (κ2) is 12.2. The Bertz CT molecular complexity index is 1030. The van der Waals surface area contributed by atoms with Crippen LogP contribution in [0.1, 0.15) is 28.4 Å². The van der Waals surface area contributed by atoms with Gasteiger partial charge in [0.25, 0.3) is 11.9 Å². The van der Waals surface area contributed by atoms with Crippen molar-refractivity contribution in [2.45, 2.75) is 13.3 Å². The maximum absolute atomic E-state index is 12.8. The van der Waals surface area contributed by atoms with Gasteiger partial charge in [-0.15, -0.1) is 0 Å². The van der Waals surface area contributed by atoms with Gasteiger partial charge in [-0.3, -0.25) is 19.8 Å². The number of hydrogen-bond donors (Lipinski definition) is 3. The molecule has 1 aliphatic rings. The molecule has 10 heteroatoms. The number of methoxy groups -OCH3 is 2. The number of nitrogens with zero attached hydrogens (tertiary/aromatic N) is 2. The Labute approximate surface area is 198 Å². The van der Waals surface area contributed by atoms with Gasteiger partial charge in [0.2, 0.25) is 5.91 Å². The Hall–Kier alpha value is -4.08. The van der Waals surface area contributed by atoms with Crippen molar-refractivity contribution in [3.8, 4) is 11.5 Å². The van der Waals surface area contributed by atoms with Crippen LogP contribution in [0, 0.1) is 5.41 Å². The van der Waals surface area contributed by atoms with Gasteiger partial charge in [0.05, 0.1) is 20.6 Å². The topological polar surface area (TPSA) is 146 Å². The smallest absolute Gasteiger partial charge is 0.300 e. The van der Waals surface area contributed by atoms with Crippen LogP contribution >= 0.6 is 0 Å². The number of benzene rings is 2. The fourth-order valence-corrected chi connectivity index (χ4v) is 3.43. The van der Waals surface area contributed by atoms with E-state index in [0.717, 1.165) is 12.5 Å². The third-order valence-electron chi connectivity index (χ3n) is 5.19. The first kappa shape index (κ1) is 26.2. The number of piperazine rings is 1. The van der Waals surface area contributed by atoms with Crippen LogP contribution in [0.15, 0.2) is 42.5 Å². The van der Waals surface area contributed by atoms with Gasteiger partial charge in [0, 0.05) is 49.8 Å². The number of amides is 2. The molecule has 0 aromatic heterocycles. The van der Waals surface area contributed by atoms with Crippen LogP contribution in [-0.4, -0.2) is 78.9 Å². The first-order valence-electron chi connectivity index (χ1n) is 10.6. The first-order valence-corrected chi connectivity index (χ1v) is 10.6. The molecule has 0 aliphatic carbocycles. The summed E-state index contributed by atoms with van der Waals surface area (Å²) in [5.74, 6) is 0.344. The van der Waals surface area contributed by atoms with E-state index in [4.69, 9.17) is 30.5 Å². The van der Waals surface area contributed by atoms with Crippen molar-refractivity contribution in [2.75, 3.05) is 40.4 Å². The van der Waals surface area contributed by atoms with Gasteiger partial charge in [0.1, 0.15) is 17.3 Å². The van der Waals surface area contributed by atoms with E-state index in [0.29, 0.717) is 48.8 Å². The number of nitrogens with one attached hydrogen (secondary N) is 1. The van der Waals surface area contributed by atoms with Crippen LogP contribution in [0.4, 0.5) is 0 Å². The zero-order chi connectivity index (χ0) is 25.3. The second-order valence-corrected chi connectivity index (χ2v) is 7.54. The molecule has 2 aromatic rings. The van der Waals surface area contributed by atoms with Gasteiger partial charge in [-0.2, -0.15) is 0 Å². The highest BCUT2D eigenvalue weighted by atomic mass is 16.5. The molecule has 0 unspecified atom stereocenters. The molecule has 182 valence electrons. The van der Waals surface area contributed by atoms with Crippen molar-refractivity contribution in [3.05, 3.63) is 59.2 Å². The Morgan fingerprint density at radius 3 is 1.97 bits per heavy atom. The lowest BCUT2D eigenvalue weighted by Gasteiger charge is -2.35. The molecule has 10 nitrogen and oxygen atoms in total. The minimum atomic E-state index is -0.833.